The summed E-state index contributed by atoms with van der Waals surface area (Å²) in [5, 5.41) is 21.2. The second-order valence-corrected chi connectivity index (χ2v) is 6.69. The molecule has 0 saturated heterocycles. The highest BCUT2D eigenvalue weighted by Crippen LogP contribution is 2.26. The molecule has 0 radical (unpaired) electrons. The number of anilines is 1. The van der Waals surface area contributed by atoms with Gasteiger partial charge in [0.1, 0.15) is 5.75 Å². The van der Waals surface area contributed by atoms with Crippen LogP contribution in [0.1, 0.15) is 6.92 Å². The summed E-state index contributed by atoms with van der Waals surface area (Å²) < 4.78 is 1.54. The van der Waals surface area contributed by atoms with E-state index < -0.39 is 0 Å². The van der Waals surface area contributed by atoms with Crippen LogP contribution >= 0.6 is 11.8 Å². The molecule has 7 nitrogen and oxygen atoms in total. The van der Waals surface area contributed by atoms with Gasteiger partial charge in [-0.1, -0.05) is 30.0 Å². The minimum absolute atomic E-state index is 0.0449. The summed E-state index contributed by atoms with van der Waals surface area (Å²) in [6.07, 6.45) is 0. The Balaban J connectivity index is 1.75. The van der Waals surface area contributed by atoms with Gasteiger partial charge in [0.25, 0.3) is 0 Å². The van der Waals surface area contributed by atoms with Gasteiger partial charge in [0.2, 0.25) is 11.1 Å². The molecule has 1 amide bonds. The lowest BCUT2D eigenvalue weighted by molar-refractivity contribution is -0.117. The van der Waals surface area contributed by atoms with Crippen molar-refractivity contribution in [1.82, 2.24) is 20.2 Å². The Morgan fingerprint density at radius 2 is 1.84 bits per heavy atom. The van der Waals surface area contributed by atoms with Crippen molar-refractivity contribution in [2.24, 2.45) is 0 Å². The fourth-order valence-corrected chi connectivity index (χ4v) is 3.17. The molecule has 0 bridgehead atoms. The number of benzene rings is 2. The number of nitrogens with zero attached hydrogens (tertiary/aromatic N) is 5. The van der Waals surface area contributed by atoms with Crippen LogP contribution in [0.15, 0.2) is 59.8 Å². The highest BCUT2D eigenvalue weighted by atomic mass is 32.2. The lowest BCUT2D eigenvalue weighted by atomic mass is 10.3. The highest BCUT2D eigenvalue weighted by molar-refractivity contribution is 8.00. The van der Waals surface area contributed by atoms with Gasteiger partial charge in [0.15, 0.2) is 0 Å². The second kappa shape index (κ2) is 7.35. The van der Waals surface area contributed by atoms with Crippen molar-refractivity contribution in [2.45, 2.75) is 17.3 Å². The van der Waals surface area contributed by atoms with E-state index in [1.54, 1.807) is 36.2 Å². The number of carbonyl (C=O) groups is 1. The highest BCUT2D eigenvalue weighted by Gasteiger charge is 2.22. The van der Waals surface area contributed by atoms with Crippen LogP contribution in [0.4, 0.5) is 5.69 Å². The van der Waals surface area contributed by atoms with Crippen molar-refractivity contribution in [3.63, 3.8) is 0 Å². The summed E-state index contributed by atoms with van der Waals surface area (Å²) in [6, 6.07) is 16.0. The van der Waals surface area contributed by atoms with E-state index in [1.165, 1.54) is 16.4 Å². The third-order valence-electron chi connectivity index (χ3n) is 3.64. The number of tetrazole rings is 1. The van der Waals surface area contributed by atoms with Crippen molar-refractivity contribution in [3.8, 4) is 11.4 Å². The van der Waals surface area contributed by atoms with E-state index in [0.29, 0.717) is 10.8 Å². The molecule has 3 aromatic rings. The molecule has 0 aliphatic heterocycles. The van der Waals surface area contributed by atoms with Crippen molar-refractivity contribution in [2.75, 3.05) is 11.9 Å². The molecule has 8 heteroatoms. The summed E-state index contributed by atoms with van der Waals surface area (Å²) in [6.45, 7) is 1.82. The van der Waals surface area contributed by atoms with Crippen LogP contribution in [0.5, 0.6) is 5.75 Å². The van der Waals surface area contributed by atoms with Gasteiger partial charge in [-0.15, -0.1) is 5.10 Å². The Kier molecular flexibility index (Phi) is 4.99. The minimum Gasteiger partial charge on any atom is -0.508 e. The standard InChI is InChI=1S/C17H17N5O2S/c1-12(16(24)21(2)13-6-4-3-5-7-13)25-17-18-19-20-22(17)14-8-10-15(23)11-9-14/h3-12,23H,1-2H3/t12-/m0/s1. The van der Waals surface area contributed by atoms with Crippen molar-refractivity contribution in [1.29, 1.82) is 0 Å². The lowest BCUT2D eigenvalue weighted by Gasteiger charge is -2.20. The van der Waals surface area contributed by atoms with Gasteiger partial charge in [-0.3, -0.25) is 4.79 Å². The van der Waals surface area contributed by atoms with E-state index in [1.807, 2.05) is 37.3 Å². The van der Waals surface area contributed by atoms with E-state index in [0.717, 1.165) is 5.69 Å². The lowest BCUT2D eigenvalue weighted by Crippen LogP contribution is -2.33. The molecular weight excluding hydrogens is 338 g/mol. The van der Waals surface area contributed by atoms with E-state index in [2.05, 4.69) is 15.5 Å². The molecule has 1 N–H and O–H groups in total. The average Bonchev–Trinajstić information content (AvgIpc) is 3.10. The molecule has 1 atom stereocenters. The van der Waals surface area contributed by atoms with Gasteiger partial charge in [-0.2, -0.15) is 4.68 Å². The van der Waals surface area contributed by atoms with Crippen LogP contribution in [0.2, 0.25) is 0 Å². The Labute approximate surface area is 149 Å². The molecule has 0 aliphatic rings. The summed E-state index contributed by atoms with van der Waals surface area (Å²) in [4.78, 5) is 14.3. The van der Waals surface area contributed by atoms with Crippen molar-refractivity contribution < 1.29 is 9.90 Å². The first kappa shape index (κ1) is 17.0. The third-order valence-corrected chi connectivity index (χ3v) is 4.66. The summed E-state index contributed by atoms with van der Waals surface area (Å²) in [5.74, 6) is 0.121. The molecule has 25 heavy (non-hydrogen) atoms. The van der Waals surface area contributed by atoms with Crippen LogP contribution in [0.3, 0.4) is 0 Å². The molecule has 1 heterocycles. The predicted molar refractivity (Wildman–Crippen MR) is 96.0 cm³/mol. The monoisotopic (exact) mass is 355 g/mol. The largest absolute Gasteiger partial charge is 0.508 e. The molecule has 0 unspecified atom stereocenters. The average molecular weight is 355 g/mol. The van der Waals surface area contributed by atoms with E-state index in [-0.39, 0.29) is 16.9 Å². The molecule has 0 spiro atoms. The third kappa shape index (κ3) is 3.80. The van der Waals surface area contributed by atoms with E-state index in [9.17, 15) is 9.90 Å². The molecule has 3 rings (SSSR count). The normalized spacial score (nSPS) is 11.9. The fourth-order valence-electron chi connectivity index (χ4n) is 2.27. The van der Waals surface area contributed by atoms with Gasteiger partial charge in [-0.05, 0) is 53.7 Å². The Morgan fingerprint density at radius 3 is 2.52 bits per heavy atom. The topological polar surface area (TPSA) is 84.1 Å². The number of carbonyl (C=O) groups excluding carboxylic acids is 1. The number of aromatic nitrogens is 4. The minimum atomic E-state index is -0.368. The maximum absolute atomic E-state index is 12.7. The van der Waals surface area contributed by atoms with Crippen molar-refractivity contribution >= 4 is 23.4 Å². The van der Waals surface area contributed by atoms with Gasteiger partial charge in [0, 0.05) is 12.7 Å². The zero-order chi connectivity index (χ0) is 17.8. The van der Waals surface area contributed by atoms with E-state index in [4.69, 9.17) is 0 Å². The van der Waals surface area contributed by atoms with Crippen LogP contribution in [0, 0.1) is 0 Å². The van der Waals surface area contributed by atoms with Crippen LogP contribution in [-0.2, 0) is 4.79 Å². The molecule has 0 saturated carbocycles. The first-order valence-corrected chi connectivity index (χ1v) is 8.51. The van der Waals surface area contributed by atoms with Crippen molar-refractivity contribution in [3.05, 3.63) is 54.6 Å². The van der Waals surface area contributed by atoms with Crippen LogP contribution in [-0.4, -0.2) is 43.5 Å². The number of phenols is 1. The SMILES string of the molecule is C[C@H](Sc1nnnn1-c1ccc(O)cc1)C(=O)N(C)c1ccccc1. The number of thioether (sulfide) groups is 1. The number of phenolic OH excluding ortho intramolecular Hbond substituents is 1. The molecule has 2 aromatic carbocycles. The first-order chi connectivity index (χ1) is 12.1. The summed E-state index contributed by atoms with van der Waals surface area (Å²) >= 11 is 1.28. The predicted octanol–water partition coefficient (Wildman–Crippen LogP) is 2.51. The van der Waals surface area contributed by atoms with Crippen LogP contribution in [0.25, 0.3) is 5.69 Å². The Bertz CT molecular complexity index is 851. The van der Waals surface area contributed by atoms with Gasteiger partial charge < -0.3 is 10.0 Å². The Hall–Kier alpha value is -2.87. The molecular formula is C17H17N5O2S. The maximum atomic E-state index is 12.7. The smallest absolute Gasteiger partial charge is 0.240 e. The van der Waals surface area contributed by atoms with E-state index >= 15 is 0 Å². The number of hydrogen-bond acceptors (Lipinski definition) is 6. The maximum Gasteiger partial charge on any atom is 0.240 e. The Morgan fingerprint density at radius 1 is 1.16 bits per heavy atom. The summed E-state index contributed by atoms with van der Waals surface area (Å²) in [7, 11) is 1.75. The van der Waals surface area contributed by atoms with Gasteiger partial charge >= 0.3 is 0 Å². The zero-order valence-corrected chi connectivity index (χ0v) is 14.6. The van der Waals surface area contributed by atoms with Gasteiger partial charge in [0.05, 0.1) is 10.9 Å². The first-order valence-electron chi connectivity index (χ1n) is 7.63. The molecule has 1 aromatic heterocycles. The van der Waals surface area contributed by atoms with Crippen LogP contribution < -0.4 is 4.90 Å². The molecule has 0 fully saturated rings. The number of aromatic hydroxyl groups is 1. The number of para-hydroxylation sites is 1. The quantitative estimate of drug-likeness (QED) is 0.708. The number of rotatable bonds is 5. The number of amides is 1. The molecule has 128 valence electrons. The summed E-state index contributed by atoms with van der Waals surface area (Å²) in [5.41, 5.74) is 1.54. The zero-order valence-electron chi connectivity index (χ0n) is 13.8. The van der Waals surface area contributed by atoms with Gasteiger partial charge in [-0.25, -0.2) is 0 Å². The fraction of sp³-hybridized carbons (Fsp3) is 0.176. The molecule has 0 aliphatic carbocycles. The second-order valence-electron chi connectivity index (χ2n) is 5.38. The number of hydrogen-bond donors (Lipinski definition) is 1.